The Morgan fingerprint density at radius 2 is 1.89 bits per heavy atom. The first-order valence-corrected chi connectivity index (χ1v) is 11.7. The third-order valence-electron chi connectivity index (χ3n) is 6.58. The van der Waals surface area contributed by atoms with Crippen molar-refractivity contribution in [2.24, 2.45) is 7.05 Å². The van der Waals surface area contributed by atoms with Gasteiger partial charge in [-0.15, -0.1) is 10.2 Å². The van der Waals surface area contributed by atoms with Gasteiger partial charge in [0.2, 0.25) is 0 Å². The molecule has 0 saturated carbocycles. The molecular formula is C27H29N7O. The van der Waals surface area contributed by atoms with Crippen molar-refractivity contribution in [1.29, 1.82) is 0 Å². The minimum Gasteiger partial charge on any atom is -0.382 e. The number of carbonyl (C=O) groups is 1. The first-order valence-electron chi connectivity index (χ1n) is 11.7. The van der Waals surface area contributed by atoms with Crippen LogP contribution in [0.2, 0.25) is 0 Å². The lowest BCUT2D eigenvalue weighted by molar-refractivity contribution is 0.0827. The van der Waals surface area contributed by atoms with E-state index in [4.69, 9.17) is 5.73 Å². The number of nitrogens with zero attached hydrogens (tertiary/aromatic N) is 6. The third kappa shape index (κ3) is 4.52. The van der Waals surface area contributed by atoms with Gasteiger partial charge in [-0.2, -0.15) is 0 Å². The van der Waals surface area contributed by atoms with Crippen LogP contribution in [-0.2, 0) is 13.6 Å². The second-order valence-electron chi connectivity index (χ2n) is 9.13. The van der Waals surface area contributed by atoms with Gasteiger partial charge in [0.1, 0.15) is 11.5 Å². The Morgan fingerprint density at radius 3 is 2.54 bits per heavy atom. The van der Waals surface area contributed by atoms with Crippen LogP contribution in [0.1, 0.15) is 28.0 Å². The van der Waals surface area contributed by atoms with Gasteiger partial charge >= 0.3 is 0 Å². The lowest BCUT2D eigenvalue weighted by Gasteiger charge is -2.26. The summed E-state index contributed by atoms with van der Waals surface area (Å²) >= 11 is 0. The summed E-state index contributed by atoms with van der Waals surface area (Å²) in [6.45, 7) is 2.67. The molecular weight excluding hydrogens is 438 g/mol. The number of nitrogen functional groups attached to an aromatic ring is 1. The van der Waals surface area contributed by atoms with Gasteiger partial charge < -0.3 is 15.2 Å². The minimum absolute atomic E-state index is 0.0244. The Bertz CT molecular complexity index is 1400. The predicted molar refractivity (Wildman–Crippen MR) is 138 cm³/mol. The Balaban J connectivity index is 1.32. The van der Waals surface area contributed by atoms with Gasteiger partial charge in [0.15, 0.2) is 0 Å². The number of pyridine rings is 1. The maximum Gasteiger partial charge on any atom is 0.253 e. The summed E-state index contributed by atoms with van der Waals surface area (Å²) in [5.41, 5.74) is 12.8. The number of aromatic nitrogens is 4. The number of anilines is 1. The van der Waals surface area contributed by atoms with Crippen LogP contribution in [0.15, 0.2) is 60.8 Å². The number of aryl methyl sites for hydroxylation is 1. The van der Waals surface area contributed by atoms with Crippen LogP contribution in [0.25, 0.3) is 27.9 Å². The van der Waals surface area contributed by atoms with E-state index >= 15 is 0 Å². The van der Waals surface area contributed by atoms with E-state index in [9.17, 15) is 4.79 Å². The van der Waals surface area contributed by atoms with E-state index in [1.165, 1.54) is 16.8 Å². The number of carbonyl (C=O) groups excluding carboxylic acids is 1. The van der Waals surface area contributed by atoms with Crippen LogP contribution in [-0.4, -0.2) is 62.6 Å². The van der Waals surface area contributed by atoms with E-state index in [1.54, 1.807) is 25.1 Å². The zero-order valence-electron chi connectivity index (χ0n) is 20.3. The largest absolute Gasteiger partial charge is 0.382 e. The van der Waals surface area contributed by atoms with Gasteiger partial charge in [-0.1, -0.05) is 18.2 Å². The number of hydrogen-bond acceptors (Lipinski definition) is 6. The van der Waals surface area contributed by atoms with Crippen molar-refractivity contribution in [3.63, 3.8) is 0 Å². The summed E-state index contributed by atoms with van der Waals surface area (Å²) in [7, 11) is 5.60. The molecule has 0 unspecified atom stereocenters. The fourth-order valence-corrected chi connectivity index (χ4v) is 4.56. The molecule has 4 heterocycles. The molecule has 0 saturated heterocycles. The Morgan fingerprint density at radius 1 is 1.09 bits per heavy atom. The summed E-state index contributed by atoms with van der Waals surface area (Å²) in [6.07, 6.45) is 5.07. The highest BCUT2D eigenvalue weighted by Gasteiger charge is 2.18. The molecule has 0 atom stereocenters. The van der Waals surface area contributed by atoms with Gasteiger partial charge in [-0.3, -0.25) is 9.69 Å². The smallest absolute Gasteiger partial charge is 0.253 e. The molecule has 8 nitrogen and oxygen atoms in total. The maximum absolute atomic E-state index is 12.1. The van der Waals surface area contributed by atoms with Crippen molar-refractivity contribution >= 4 is 28.3 Å². The second kappa shape index (κ2) is 9.31. The van der Waals surface area contributed by atoms with E-state index < -0.39 is 0 Å². The molecule has 178 valence electrons. The van der Waals surface area contributed by atoms with E-state index in [0.717, 1.165) is 48.3 Å². The fourth-order valence-electron chi connectivity index (χ4n) is 4.56. The molecule has 3 aromatic heterocycles. The summed E-state index contributed by atoms with van der Waals surface area (Å²) in [6, 6.07) is 15.8. The Labute approximate surface area is 204 Å². The van der Waals surface area contributed by atoms with Gasteiger partial charge in [0.25, 0.3) is 5.91 Å². The number of rotatable bonds is 5. The molecule has 1 aromatic carbocycles. The summed E-state index contributed by atoms with van der Waals surface area (Å²) < 4.78 is 2.16. The zero-order valence-corrected chi connectivity index (χ0v) is 20.3. The van der Waals surface area contributed by atoms with Crippen LogP contribution in [0.5, 0.6) is 0 Å². The van der Waals surface area contributed by atoms with Crippen LogP contribution in [0.3, 0.4) is 0 Å². The Hall–Kier alpha value is -4.04. The first kappa shape index (κ1) is 22.7. The highest BCUT2D eigenvalue weighted by molar-refractivity contribution is 5.94. The molecule has 0 spiro atoms. The molecule has 0 fully saturated rings. The highest BCUT2D eigenvalue weighted by atomic mass is 16.2. The summed E-state index contributed by atoms with van der Waals surface area (Å²) in [5, 5.41) is 9.33. The standard InChI is InChI=1S/C27H29N7O/c1-32(2)27(35)20-6-4-18(5-7-20)19-11-14-34(15-12-19)17-21-16-23-22(10-13-29-26(23)33(21)3)24-8-9-25(28)31-30-24/h4-11,13,16H,12,14-15,17H2,1-3H3,(H2,28,31). The average molecular weight is 468 g/mol. The van der Waals surface area contributed by atoms with Gasteiger partial charge in [0.05, 0.1) is 5.69 Å². The molecule has 5 rings (SSSR count). The zero-order chi connectivity index (χ0) is 24.5. The van der Waals surface area contributed by atoms with Crippen molar-refractivity contribution in [3.8, 4) is 11.3 Å². The number of benzene rings is 1. The van der Waals surface area contributed by atoms with Crippen molar-refractivity contribution in [1.82, 2.24) is 29.5 Å². The monoisotopic (exact) mass is 467 g/mol. The van der Waals surface area contributed by atoms with Crippen LogP contribution < -0.4 is 5.73 Å². The van der Waals surface area contributed by atoms with E-state index in [-0.39, 0.29) is 5.91 Å². The minimum atomic E-state index is 0.0244. The lowest BCUT2D eigenvalue weighted by atomic mass is 9.98. The third-order valence-corrected chi connectivity index (χ3v) is 6.58. The molecule has 35 heavy (non-hydrogen) atoms. The van der Waals surface area contributed by atoms with Crippen LogP contribution in [0, 0.1) is 0 Å². The quantitative estimate of drug-likeness (QED) is 0.482. The molecule has 1 aliphatic rings. The van der Waals surface area contributed by atoms with Crippen LogP contribution >= 0.6 is 0 Å². The topological polar surface area (TPSA) is 93.2 Å². The lowest BCUT2D eigenvalue weighted by Crippen LogP contribution is -2.28. The fraction of sp³-hybridized carbons (Fsp3) is 0.259. The number of nitrogens with two attached hydrogens (primary N) is 1. The summed E-state index contributed by atoms with van der Waals surface area (Å²) in [5.74, 6) is 0.430. The van der Waals surface area contributed by atoms with Gasteiger partial charge in [-0.05, 0) is 54.0 Å². The molecule has 0 radical (unpaired) electrons. The van der Waals surface area contributed by atoms with Crippen molar-refractivity contribution < 1.29 is 4.79 Å². The highest BCUT2D eigenvalue weighted by Crippen LogP contribution is 2.30. The van der Waals surface area contributed by atoms with Crippen molar-refractivity contribution in [3.05, 3.63) is 77.6 Å². The van der Waals surface area contributed by atoms with E-state index in [1.807, 2.05) is 30.5 Å². The van der Waals surface area contributed by atoms with Crippen LogP contribution in [0.4, 0.5) is 5.82 Å². The average Bonchev–Trinajstić information content (AvgIpc) is 3.20. The second-order valence-corrected chi connectivity index (χ2v) is 9.13. The maximum atomic E-state index is 12.1. The SMILES string of the molecule is CN(C)C(=O)c1ccc(C2=CCN(Cc3cc4c(-c5ccc(N)nn5)ccnc4n3C)CC2)cc1. The van der Waals surface area contributed by atoms with Gasteiger partial charge in [-0.25, -0.2) is 4.98 Å². The van der Waals surface area contributed by atoms with Crippen molar-refractivity contribution in [2.75, 3.05) is 32.9 Å². The molecule has 1 aliphatic heterocycles. The van der Waals surface area contributed by atoms with Crippen molar-refractivity contribution in [2.45, 2.75) is 13.0 Å². The van der Waals surface area contributed by atoms with Gasteiger partial charge in [0, 0.05) is 69.2 Å². The number of amides is 1. The number of fused-ring (bicyclic) bond motifs is 1. The van der Waals surface area contributed by atoms with E-state index in [2.05, 4.69) is 56.0 Å². The molecule has 0 bridgehead atoms. The normalized spacial score (nSPS) is 14.2. The molecule has 8 heteroatoms. The Kier molecular flexibility index (Phi) is 6.05. The first-order chi connectivity index (χ1) is 16.9. The predicted octanol–water partition coefficient (Wildman–Crippen LogP) is 3.60. The molecule has 1 amide bonds. The molecule has 4 aromatic rings. The number of hydrogen-bond donors (Lipinski definition) is 1. The molecule has 0 aliphatic carbocycles. The molecule has 2 N–H and O–H groups in total. The summed E-state index contributed by atoms with van der Waals surface area (Å²) in [4.78, 5) is 20.8. The van der Waals surface area contributed by atoms with E-state index in [0.29, 0.717) is 11.4 Å².